The fourth-order valence-corrected chi connectivity index (χ4v) is 2.42. The van der Waals surface area contributed by atoms with Crippen LogP contribution in [-0.2, 0) is 4.74 Å². The van der Waals surface area contributed by atoms with E-state index in [2.05, 4.69) is 14.8 Å². The largest absolute Gasteiger partial charge is 0.465 e. The second-order valence-corrected chi connectivity index (χ2v) is 4.64. The van der Waals surface area contributed by atoms with Crippen molar-refractivity contribution in [3.05, 3.63) is 34.7 Å². The first-order valence-corrected chi connectivity index (χ1v) is 6.40. The highest BCUT2D eigenvalue weighted by molar-refractivity contribution is 7.08. The first-order valence-electron chi connectivity index (χ1n) is 5.46. The van der Waals surface area contributed by atoms with E-state index in [1.165, 1.54) is 17.8 Å². The summed E-state index contributed by atoms with van der Waals surface area (Å²) in [7, 11) is 1.30. The average Bonchev–Trinajstić information content (AvgIpc) is 3.07. The van der Waals surface area contributed by atoms with Crippen LogP contribution in [0.25, 0.3) is 16.9 Å². The molecule has 0 fully saturated rings. The summed E-state index contributed by atoms with van der Waals surface area (Å²) in [5.74, 6) is -0.308. The van der Waals surface area contributed by atoms with E-state index in [0.717, 1.165) is 11.3 Å². The van der Waals surface area contributed by atoms with Gasteiger partial charge in [-0.1, -0.05) is 0 Å². The van der Waals surface area contributed by atoms with Crippen LogP contribution in [0.1, 0.15) is 10.4 Å². The molecule has 0 aliphatic carbocycles. The maximum atomic E-state index is 11.5. The van der Waals surface area contributed by atoms with Gasteiger partial charge in [0, 0.05) is 23.2 Å². The van der Waals surface area contributed by atoms with E-state index >= 15 is 0 Å². The van der Waals surface area contributed by atoms with Crippen LogP contribution in [0.15, 0.2) is 29.1 Å². The summed E-state index contributed by atoms with van der Waals surface area (Å²) in [6.07, 6.45) is 1.40. The van der Waals surface area contributed by atoms with Gasteiger partial charge in [-0.05, 0) is 11.4 Å². The third-order valence-electron chi connectivity index (χ3n) is 2.74. The molecule has 0 atom stereocenters. The summed E-state index contributed by atoms with van der Waals surface area (Å²) in [5, 5.41) is 8.31. The Bertz CT molecular complexity index is 749. The Balaban J connectivity index is 2.18. The number of thiophene rings is 1. The van der Waals surface area contributed by atoms with E-state index < -0.39 is 5.97 Å². The predicted molar refractivity (Wildman–Crippen MR) is 72.1 cm³/mol. The molecule has 3 aromatic heterocycles. The number of anilines is 1. The summed E-state index contributed by atoms with van der Waals surface area (Å²) in [5.41, 5.74) is 8.48. The molecule has 3 rings (SSSR count). The average molecular weight is 274 g/mol. The zero-order valence-electron chi connectivity index (χ0n) is 10.0. The molecule has 7 heteroatoms. The second-order valence-electron chi connectivity index (χ2n) is 3.86. The lowest BCUT2D eigenvalue weighted by atomic mass is 10.2. The van der Waals surface area contributed by atoms with Gasteiger partial charge in [0.15, 0.2) is 5.65 Å². The zero-order chi connectivity index (χ0) is 13.4. The molecular formula is C12H10N4O2S. The number of aromatic nitrogens is 3. The van der Waals surface area contributed by atoms with Gasteiger partial charge in [0.2, 0.25) is 0 Å². The van der Waals surface area contributed by atoms with E-state index in [1.54, 1.807) is 11.3 Å². The molecule has 0 unspecified atom stereocenters. The lowest BCUT2D eigenvalue weighted by molar-refractivity contribution is 0.0601. The summed E-state index contributed by atoms with van der Waals surface area (Å²) in [4.78, 5) is 15.7. The van der Waals surface area contributed by atoms with E-state index in [-0.39, 0.29) is 11.4 Å². The Hall–Kier alpha value is -2.41. The third-order valence-corrected chi connectivity index (χ3v) is 3.43. The van der Waals surface area contributed by atoms with Crippen molar-refractivity contribution in [3.8, 4) is 11.3 Å². The van der Waals surface area contributed by atoms with E-state index in [0.29, 0.717) is 5.65 Å². The van der Waals surface area contributed by atoms with Gasteiger partial charge in [0.25, 0.3) is 0 Å². The number of carbonyl (C=O) groups is 1. The number of ether oxygens (including phenoxy) is 1. The topological polar surface area (TPSA) is 82.5 Å². The van der Waals surface area contributed by atoms with Crippen LogP contribution in [-0.4, -0.2) is 27.7 Å². The molecule has 96 valence electrons. The molecule has 6 nitrogen and oxygen atoms in total. The molecule has 0 saturated heterocycles. The molecule has 0 amide bonds. The molecule has 19 heavy (non-hydrogen) atoms. The lowest BCUT2D eigenvalue weighted by Gasteiger charge is -2.04. The Labute approximate surface area is 112 Å². The fraction of sp³-hybridized carbons (Fsp3) is 0.0833. The van der Waals surface area contributed by atoms with Crippen molar-refractivity contribution in [2.45, 2.75) is 0 Å². The molecule has 3 heterocycles. The quantitative estimate of drug-likeness (QED) is 0.721. The van der Waals surface area contributed by atoms with Crippen LogP contribution < -0.4 is 5.73 Å². The van der Waals surface area contributed by atoms with Crippen LogP contribution in [0, 0.1) is 0 Å². The van der Waals surface area contributed by atoms with Gasteiger partial charge < -0.3 is 10.5 Å². The molecule has 0 aliphatic rings. The third kappa shape index (κ3) is 1.84. The van der Waals surface area contributed by atoms with Crippen LogP contribution in [0.3, 0.4) is 0 Å². The van der Waals surface area contributed by atoms with E-state index in [1.807, 2.05) is 22.9 Å². The van der Waals surface area contributed by atoms with Crippen LogP contribution in [0.4, 0.5) is 5.82 Å². The molecule has 0 radical (unpaired) electrons. The van der Waals surface area contributed by atoms with Gasteiger partial charge in [-0.15, -0.1) is 0 Å². The number of nitrogen functional groups attached to an aromatic ring is 1. The molecule has 0 spiro atoms. The van der Waals surface area contributed by atoms with Crippen molar-refractivity contribution in [3.63, 3.8) is 0 Å². The molecule has 0 aromatic carbocycles. The standard InChI is InChI=1S/C12H10N4O2S/c1-18-12(17)8-5-14-10-4-9(7-2-3-19-6-7)15-16(10)11(8)13/h2-6H,13H2,1H3. The van der Waals surface area contributed by atoms with Crippen molar-refractivity contribution >= 4 is 28.8 Å². The monoisotopic (exact) mass is 274 g/mol. The number of hydrogen-bond donors (Lipinski definition) is 1. The number of esters is 1. The Morgan fingerprint density at radius 3 is 3.05 bits per heavy atom. The minimum absolute atomic E-state index is 0.204. The summed E-state index contributed by atoms with van der Waals surface area (Å²) in [6, 6.07) is 3.78. The van der Waals surface area contributed by atoms with Gasteiger partial charge in [0.05, 0.1) is 12.8 Å². The second kappa shape index (κ2) is 4.36. The first kappa shape index (κ1) is 11.7. The Morgan fingerprint density at radius 2 is 2.37 bits per heavy atom. The first-order chi connectivity index (χ1) is 9.20. The SMILES string of the molecule is COC(=O)c1cnc2cc(-c3ccsc3)nn2c1N. The molecule has 0 bridgehead atoms. The summed E-state index contributed by atoms with van der Waals surface area (Å²) < 4.78 is 6.09. The van der Waals surface area contributed by atoms with Gasteiger partial charge in [0.1, 0.15) is 11.4 Å². The van der Waals surface area contributed by atoms with Crippen molar-refractivity contribution in [1.29, 1.82) is 0 Å². The predicted octanol–water partition coefficient (Wildman–Crippen LogP) is 1.83. The van der Waals surface area contributed by atoms with Crippen LogP contribution in [0.2, 0.25) is 0 Å². The van der Waals surface area contributed by atoms with Gasteiger partial charge in [-0.3, -0.25) is 0 Å². The lowest BCUT2D eigenvalue weighted by Crippen LogP contribution is -2.11. The highest BCUT2D eigenvalue weighted by atomic mass is 32.1. The summed E-state index contributed by atoms with van der Waals surface area (Å²) in [6.45, 7) is 0. The molecule has 0 saturated carbocycles. The number of hydrogen-bond acceptors (Lipinski definition) is 6. The summed E-state index contributed by atoms with van der Waals surface area (Å²) >= 11 is 1.59. The molecule has 2 N–H and O–H groups in total. The van der Waals surface area contributed by atoms with Crippen molar-refractivity contribution in [2.24, 2.45) is 0 Å². The Morgan fingerprint density at radius 1 is 1.53 bits per heavy atom. The van der Waals surface area contributed by atoms with Gasteiger partial charge in [-0.2, -0.15) is 21.0 Å². The smallest absolute Gasteiger partial charge is 0.343 e. The normalized spacial score (nSPS) is 10.8. The molecule has 3 aromatic rings. The maximum Gasteiger partial charge on any atom is 0.343 e. The fourth-order valence-electron chi connectivity index (χ4n) is 1.77. The Kier molecular flexibility index (Phi) is 2.68. The maximum absolute atomic E-state index is 11.5. The van der Waals surface area contributed by atoms with Crippen LogP contribution in [0.5, 0.6) is 0 Å². The van der Waals surface area contributed by atoms with Gasteiger partial charge in [-0.25, -0.2) is 9.78 Å². The van der Waals surface area contributed by atoms with Crippen molar-refractivity contribution in [2.75, 3.05) is 12.8 Å². The number of nitrogens with zero attached hydrogens (tertiary/aromatic N) is 3. The van der Waals surface area contributed by atoms with Gasteiger partial charge >= 0.3 is 5.97 Å². The molecule has 0 aliphatic heterocycles. The number of carbonyl (C=O) groups excluding carboxylic acids is 1. The minimum Gasteiger partial charge on any atom is -0.465 e. The minimum atomic E-state index is -0.528. The molecular weight excluding hydrogens is 264 g/mol. The number of fused-ring (bicyclic) bond motifs is 1. The number of rotatable bonds is 2. The van der Waals surface area contributed by atoms with E-state index in [4.69, 9.17) is 5.73 Å². The number of methoxy groups -OCH3 is 1. The van der Waals surface area contributed by atoms with E-state index in [9.17, 15) is 4.79 Å². The number of nitrogens with two attached hydrogens (primary N) is 1. The van der Waals surface area contributed by atoms with Crippen LogP contribution >= 0.6 is 11.3 Å². The highest BCUT2D eigenvalue weighted by Crippen LogP contribution is 2.23. The van der Waals surface area contributed by atoms with Crippen molar-refractivity contribution < 1.29 is 9.53 Å². The highest BCUT2D eigenvalue weighted by Gasteiger charge is 2.16. The van der Waals surface area contributed by atoms with Crippen molar-refractivity contribution in [1.82, 2.24) is 14.6 Å². The zero-order valence-corrected chi connectivity index (χ0v) is 10.8.